The molecule has 0 saturated carbocycles. The minimum atomic E-state index is -1.42. The van der Waals surface area contributed by atoms with Gasteiger partial charge in [-0.1, -0.05) is 0 Å². The number of hydrogen-bond donors (Lipinski definition) is 3. The zero-order chi connectivity index (χ0) is 13.4. The lowest BCUT2D eigenvalue weighted by Crippen LogP contribution is -2.15. The summed E-state index contributed by atoms with van der Waals surface area (Å²) < 4.78 is 18.5. The first-order valence-electron chi connectivity index (χ1n) is 4.93. The Hall–Kier alpha value is -2.58. The van der Waals surface area contributed by atoms with Crippen molar-refractivity contribution in [2.45, 2.75) is 6.92 Å². The number of aromatic amines is 1. The van der Waals surface area contributed by atoms with Gasteiger partial charge in [0.2, 0.25) is 5.82 Å². The fourth-order valence-corrected chi connectivity index (χ4v) is 1.47. The molecule has 8 nitrogen and oxygen atoms in total. The van der Waals surface area contributed by atoms with Gasteiger partial charge < -0.3 is 20.6 Å². The largest absolute Gasteiger partial charge is 0.491 e. The number of aromatic hydroxyl groups is 1. The highest BCUT2D eigenvalue weighted by Gasteiger charge is 2.23. The molecule has 2 aromatic heterocycles. The molecule has 0 fully saturated rings. The first-order chi connectivity index (χ1) is 8.47. The molecule has 0 aliphatic carbocycles. The van der Waals surface area contributed by atoms with E-state index >= 15 is 0 Å². The summed E-state index contributed by atoms with van der Waals surface area (Å²) in [4.78, 5) is 24.8. The van der Waals surface area contributed by atoms with Gasteiger partial charge in [0, 0.05) is 0 Å². The average Bonchev–Trinajstić information content (AvgIpc) is 2.63. The molecule has 0 saturated heterocycles. The van der Waals surface area contributed by atoms with Crippen molar-refractivity contribution < 1.29 is 19.0 Å². The summed E-state index contributed by atoms with van der Waals surface area (Å²) in [6.45, 7) is 1.67. The summed E-state index contributed by atoms with van der Waals surface area (Å²) in [7, 11) is 0. The van der Waals surface area contributed by atoms with E-state index in [2.05, 4.69) is 10.1 Å². The molecule has 9 heteroatoms. The van der Waals surface area contributed by atoms with Crippen molar-refractivity contribution in [1.82, 2.24) is 14.6 Å². The summed E-state index contributed by atoms with van der Waals surface area (Å²) >= 11 is 0. The van der Waals surface area contributed by atoms with Crippen molar-refractivity contribution in [1.29, 1.82) is 0 Å². The molecule has 0 radical (unpaired) electrons. The third-order valence-corrected chi connectivity index (χ3v) is 2.22. The van der Waals surface area contributed by atoms with Crippen LogP contribution in [0.4, 0.5) is 10.2 Å². The highest BCUT2D eigenvalue weighted by Crippen LogP contribution is 2.21. The van der Waals surface area contributed by atoms with Gasteiger partial charge in [-0.15, -0.1) is 5.10 Å². The molecule has 18 heavy (non-hydrogen) atoms. The summed E-state index contributed by atoms with van der Waals surface area (Å²) in [5, 5.41) is 12.9. The van der Waals surface area contributed by atoms with Crippen molar-refractivity contribution in [3.63, 3.8) is 0 Å². The molecule has 0 spiro atoms. The molecule has 0 amide bonds. The molecule has 2 heterocycles. The number of aromatic nitrogens is 3. The maximum absolute atomic E-state index is 13.1. The van der Waals surface area contributed by atoms with Gasteiger partial charge in [-0.2, -0.15) is 8.91 Å². The van der Waals surface area contributed by atoms with Crippen molar-refractivity contribution >= 4 is 17.4 Å². The number of nitrogens with two attached hydrogens (primary N) is 1. The first kappa shape index (κ1) is 11.9. The number of anilines is 1. The molecule has 0 bridgehead atoms. The number of rotatable bonds is 2. The van der Waals surface area contributed by atoms with E-state index in [9.17, 15) is 19.1 Å². The number of H-pyrrole nitrogens is 1. The lowest BCUT2D eigenvalue weighted by molar-refractivity contribution is 0.0529. The lowest BCUT2D eigenvalue weighted by Gasteiger charge is -2.01. The van der Waals surface area contributed by atoms with Gasteiger partial charge >= 0.3 is 5.97 Å². The van der Waals surface area contributed by atoms with Gasteiger partial charge in [0.05, 0.1) is 6.61 Å². The molecule has 0 aliphatic heterocycles. The maximum atomic E-state index is 13.1. The normalized spacial score (nSPS) is 10.8. The maximum Gasteiger partial charge on any atom is 0.345 e. The van der Waals surface area contributed by atoms with Crippen LogP contribution in [0.5, 0.6) is 5.88 Å². The molecule has 2 aromatic rings. The number of fused-ring (bicyclic) bond motifs is 1. The Labute approximate surface area is 98.8 Å². The van der Waals surface area contributed by atoms with Crippen LogP contribution in [-0.2, 0) is 4.74 Å². The van der Waals surface area contributed by atoms with Gasteiger partial charge in [0.25, 0.3) is 11.4 Å². The Balaban J connectivity index is 2.80. The van der Waals surface area contributed by atoms with E-state index in [1.54, 1.807) is 6.92 Å². The molecule has 0 aliphatic rings. The van der Waals surface area contributed by atoms with Crippen LogP contribution >= 0.6 is 0 Å². The number of carbonyl (C=O) groups excluding carboxylic acids is 1. The standard InChI is InChI=1S/C9H9FN4O4/c1-2-18-9(17)3-5(11)13-14-6(3)12-7(15)4(10)8(14)16/h16H,2H2,1H3,(H2,11,13)(H,12,15). The van der Waals surface area contributed by atoms with Crippen molar-refractivity contribution in [2.24, 2.45) is 0 Å². The number of nitrogens with zero attached hydrogens (tertiary/aromatic N) is 2. The summed E-state index contributed by atoms with van der Waals surface area (Å²) in [6, 6.07) is 0. The highest BCUT2D eigenvalue weighted by molar-refractivity contribution is 6.00. The number of halogens is 1. The first-order valence-corrected chi connectivity index (χ1v) is 4.93. The van der Waals surface area contributed by atoms with Crippen molar-refractivity contribution in [2.75, 3.05) is 12.3 Å². The monoisotopic (exact) mass is 256 g/mol. The summed E-state index contributed by atoms with van der Waals surface area (Å²) in [5.74, 6) is -3.56. The minimum Gasteiger partial charge on any atom is -0.491 e. The van der Waals surface area contributed by atoms with E-state index in [0.717, 1.165) is 0 Å². The van der Waals surface area contributed by atoms with Crippen LogP contribution in [0.1, 0.15) is 17.3 Å². The third-order valence-electron chi connectivity index (χ3n) is 2.22. The Morgan fingerprint density at radius 1 is 1.67 bits per heavy atom. The molecule has 2 rings (SSSR count). The fourth-order valence-electron chi connectivity index (χ4n) is 1.47. The Morgan fingerprint density at radius 2 is 2.33 bits per heavy atom. The second-order valence-electron chi connectivity index (χ2n) is 3.33. The topological polar surface area (TPSA) is 123 Å². The SMILES string of the molecule is CCOC(=O)c1c(N)nn2c(O)c(F)c(=O)[nH]c12. The predicted octanol–water partition coefficient (Wildman–Crippen LogP) is -0.374. The van der Waals surface area contributed by atoms with Crippen molar-refractivity contribution in [3.8, 4) is 5.88 Å². The Bertz CT molecular complexity index is 690. The number of esters is 1. The lowest BCUT2D eigenvalue weighted by atomic mass is 10.3. The third kappa shape index (κ3) is 1.56. The van der Waals surface area contributed by atoms with Gasteiger partial charge in [0.1, 0.15) is 5.56 Å². The fraction of sp³-hybridized carbons (Fsp3) is 0.222. The summed E-state index contributed by atoms with van der Waals surface area (Å²) in [6.07, 6.45) is 0. The second-order valence-corrected chi connectivity index (χ2v) is 3.33. The van der Waals surface area contributed by atoms with Gasteiger partial charge in [0.15, 0.2) is 11.5 Å². The number of ether oxygens (including phenoxy) is 1. The molecular weight excluding hydrogens is 247 g/mol. The molecule has 4 N–H and O–H groups in total. The van der Waals surface area contributed by atoms with Crippen LogP contribution in [0, 0.1) is 5.82 Å². The van der Waals surface area contributed by atoms with Crippen LogP contribution in [-0.4, -0.2) is 32.3 Å². The van der Waals surface area contributed by atoms with Crippen LogP contribution in [0.25, 0.3) is 5.65 Å². The van der Waals surface area contributed by atoms with E-state index in [1.165, 1.54) is 0 Å². The van der Waals surface area contributed by atoms with Gasteiger partial charge in [-0.25, -0.2) is 4.79 Å². The zero-order valence-corrected chi connectivity index (χ0v) is 9.23. The van der Waals surface area contributed by atoms with Crippen LogP contribution in [0.3, 0.4) is 0 Å². The predicted molar refractivity (Wildman–Crippen MR) is 57.8 cm³/mol. The van der Waals surface area contributed by atoms with Crippen LogP contribution < -0.4 is 11.3 Å². The molecule has 96 valence electrons. The molecule has 0 atom stereocenters. The number of nitrogen functional groups attached to an aromatic ring is 1. The van der Waals surface area contributed by atoms with E-state index in [4.69, 9.17) is 10.5 Å². The van der Waals surface area contributed by atoms with Crippen LogP contribution in [0.15, 0.2) is 4.79 Å². The van der Waals surface area contributed by atoms with E-state index in [-0.39, 0.29) is 23.6 Å². The molecular formula is C9H9FN4O4. The Kier molecular flexibility index (Phi) is 2.66. The number of hydrogen-bond acceptors (Lipinski definition) is 6. The zero-order valence-electron chi connectivity index (χ0n) is 9.23. The average molecular weight is 256 g/mol. The van der Waals surface area contributed by atoms with Crippen LogP contribution in [0.2, 0.25) is 0 Å². The van der Waals surface area contributed by atoms with Crippen molar-refractivity contribution in [3.05, 3.63) is 21.7 Å². The van der Waals surface area contributed by atoms with Gasteiger partial charge in [-0.05, 0) is 6.92 Å². The van der Waals surface area contributed by atoms with E-state index < -0.39 is 23.2 Å². The number of carbonyl (C=O) groups is 1. The minimum absolute atomic E-state index is 0.0903. The molecule has 0 unspecified atom stereocenters. The van der Waals surface area contributed by atoms with E-state index in [0.29, 0.717) is 4.52 Å². The highest BCUT2D eigenvalue weighted by atomic mass is 19.1. The second kappa shape index (κ2) is 4.02. The van der Waals surface area contributed by atoms with E-state index in [1.807, 2.05) is 0 Å². The summed E-state index contributed by atoms with van der Waals surface area (Å²) in [5.41, 5.74) is 3.82. The quantitative estimate of drug-likeness (QED) is 0.630. The van der Waals surface area contributed by atoms with Gasteiger partial charge in [-0.3, -0.25) is 4.79 Å². The Morgan fingerprint density at radius 3 is 2.94 bits per heavy atom. The molecule has 0 aromatic carbocycles. The smallest absolute Gasteiger partial charge is 0.345 e. The number of nitrogens with one attached hydrogen (secondary N) is 1.